The molecule has 1 aliphatic rings. The van der Waals surface area contributed by atoms with E-state index in [0.29, 0.717) is 31.2 Å². The van der Waals surface area contributed by atoms with Crippen molar-refractivity contribution in [2.45, 2.75) is 51.0 Å². The van der Waals surface area contributed by atoms with Gasteiger partial charge in [-0.2, -0.15) is 22.0 Å². The minimum atomic E-state index is -4.46. The topological polar surface area (TPSA) is 48.4 Å². The number of halogens is 5. The third kappa shape index (κ3) is 6.14. The third-order valence-electron chi connectivity index (χ3n) is 5.01. The van der Waals surface area contributed by atoms with Crippen molar-refractivity contribution in [1.29, 1.82) is 0 Å². The number of Topliss-reactive ketones (excluding diaryl/α,β-unsaturated/α-hetero) is 1. The van der Waals surface area contributed by atoms with Crippen LogP contribution < -0.4 is 9.47 Å². The molecule has 0 aliphatic heterocycles. The number of benzene rings is 1. The zero-order chi connectivity index (χ0) is 21.7. The Hall–Kier alpha value is -2.71. The number of carbonyl (C=O) groups is 1. The molecule has 162 valence electrons. The first-order valence-corrected chi connectivity index (χ1v) is 9.47. The van der Waals surface area contributed by atoms with Crippen molar-refractivity contribution in [3.05, 3.63) is 53.7 Å². The number of aromatic nitrogens is 1. The summed E-state index contributed by atoms with van der Waals surface area (Å²) in [6.45, 7) is -2.90. The van der Waals surface area contributed by atoms with Gasteiger partial charge in [0.15, 0.2) is 0 Å². The molecule has 2 aromatic rings. The van der Waals surface area contributed by atoms with E-state index < -0.39 is 18.4 Å². The number of alkyl halides is 5. The summed E-state index contributed by atoms with van der Waals surface area (Å²) < 4.78 is 72.6. The summed E-state index contributed by atoms with van der Waals surface area (Å²) in [6.07, 6.45) is -1.31. The van der Waals surface area contributed by atoms with E-state index in [2.05, 4.69) is 9.72 Å². The molecule has 0 saturated heterocycles. The molecule has 4 nitrogen and oxygen atoms in total. The SMILES string of the molecule is O=C(Cc1ccc(OC(F)F)cc1)C1CCC(Oc2cc(C(F)(F)F)ccn2)CC1. The molecule has 1 aromatic heterocycles. The van der Waals surface area contributed by atoms with Crippen molar-refractivity contribution in [2.24, 2.45) is 5.92 Å². The second kappa shape index (κ2) is 9.40. The number of pyridine rings is 1. The Morgan fingerprint density at radius 2 is 1.73 bits per heavy atom. The molecule has 1 fully saturated rings. The van der Waals surface area contributed by atoms with Crippen LogP contribution in [0.3, 0.4) is 0 Å². The number of carbonyl (C=O) groups excluding carboxylic acids is 1. The van der Waals surface area contributed by atoms with Gasteiger partial charge in [0.05, 0.1) is 5.56 Å². The van der Waals surface area contributed by atoms with Crippen molar-refractivity contribution in [3.63, 3.8) is 0 Å². The molecule has 1 heterocycles. The molecule has 1 aromatic carbocycles. The lowest BCUT2D eigenvalue weighted by atomic mass is 9.83. The number of ether oxygens (including phenoxy) is 2. The average Bonchev–Trinajstić information content (AvgIpc) is 2.69. The summed E-state index contributed by atoms with van der Waals surface area (Å²) in [5.74, 6) is -0.183. The maximum absolute atomic E-state index is 12.8. The Kier molecular flexibility index (Phi) is 6.89. The molecule has 0 N–H and O–H groups in total. The smallest absolute Gasteiger partial charge is 0.416 e. The van der Waals surface area contributed by atoms with Gasteiger partial charge in [-0.1, -0.05) is 12.1 Å². The van der Waals surface area contributed by atoms with Gasteiger partial charge in [-0.05, 0) is 49.4 Å². The molecular weight excluding hydrogens is 409 g/mol. The summed E-state index contributed by atoms with van der Waals surface area (Å²) in [6, 6.07) is 7.68. The van der Waals surface area contributed by atoms with Crippen molar-refractivity contribution in [1.82, 2.24) is 4.98 Å². The summed E-state index contributed by atoms with van der Waals surface area (Å²) in [5.41, 5.74) is -0.116. The molecular formula is C21H20F5NO3. The maximum Gasteiger partial charge on any atom is 0.416 e. The Labute approximate surface area is 170 Å². The van der Waals surface area contributed by atoms with Gasteiger partial charge in [0.25, 0.3) is 0 Å². The highest BCUT2D eigenvalue weighted by molar-refractivity contribution is 5.83. The second-order valence-corrected chi connectivity index (χ2v) is 7.14. The highest BCUT2D eigenvalue weighted by Gasteiger charge is 2.32. The normalized spacial score (nSPS) is 19.5. The standard InChI is InChI=1S/C21H20F5NO3/c22-20(23)30-17-5-1-13(2-6-17)11-18(28)14-3-7-16(8-4-14)29-19-12-15(9-10-27-19)21(24,25)26/h1-2,5-6,9-10,12,14,16,20H,3-4,7-8,11H2. The van der Waals surface area contributed by atoms with Crippen LogP contribution in [0.2, 0.25) is 0 Å². The average molecular weight is 429 g/mol. The van der Waals surface area contributed by atoms with Crippen LogP contribution in [0.1, 0.15) is 36.8 Å². The Balaban J connectivity index is 1.49. The van der Waals surface area contributed by atoms with E-state index >= 15 is 0 Å². The zero-order valence-electron chi connectivity index (χ0n) is 15.9. The molecule has 0 bridgehead atoms. The molecule has 30 heavy (non-hydrogen) atoms. The first-order chi connectivity index (χ1) is 14.2. The van der Waals surface area contributed by atoms with Crippen molar-refractivity contribution in [2.75, 3.05) is 0 Å². The van der Waals surface area contributed by atoms with Crippen LogP contribution in [-0.4, -0.2) is 23.5 Å². The van der Waals surface area contributed by atoms with Crippen LogP contribution in [0, 0.1) is 5.92 Å². The van der Waals surface area contributed by atoms with Crippen LogP contribution in [0.15, 0.2) is 42.6 Å². The van der Waals surface area contributed by atoms with Gasteiger partial charge in [0.1, 0.15) is 17.6 Å². The number of ketones is 1. The molecule has 0 spiro atoms. The van der Waals surface area contributed by atoms with E-state index in [4.69, 9.17) is 4.74 Å². The van der Waals surface area contributed by atoms with E-state index in [9.17, 15) is 26.7 Å². The van der Waals surface area contributed by atoms with Crippen molar-refractivity contribution < 1.29 is 36.2 Å². The van der Waals surface area contributed by atoms with Crippen LogP contribution in [0.4, 0.5) is 22.0 Å². The van der Waals surface area contributed by atoms with Gasteiger partial charge in [-0.15, -0.1) is 0 Å². The molecule has 0 atom stereocenters. The summed E-state index contributed by atoms with van der Waals surface area (Å²) in [7, 11) is 0. The van der Waals surface area contributed by atoms with E-state index in [0.717, 1.165) is 18.3 Å². The first kappa shape index (κ1) is 22.0. The number of hydrogen-bond acceptors (Lipinski definition) is 4. The molecule has 3 rings (SSSR count). The number of hydrogen-bond donors (Lipinski definition) is 0. The molecule has 0 unspecified atom stereocenters. The summed E-state index contributed by atoms with van der Waals surface area (Å²) >= 11 is 0. The van der Waals surface area contributed by atoms with Gasteiger partial charge >= 0.3 is 12.8 Å². The number of rotatable bonds is 7. The fourth-order valence-electron chi connectivity index (χ4n) is 3.46. The molecule has 1 aliphatic carbocycles. The quantitative estimate of drug-likeness (QED) is 0.549. The van der Waals surface area contributed by atoms with Crippen LogP contribution >= 0.6 is 0 Å². The highest BCUT2D eigenvalue weighted by atomic mass is 19.4. The Morgan fingerprint density at radius 1 is 1.07 bits per heavy atom. The molecule has 0 radical (unpaired) electrons. The lowest BCUT2D eigenvalue weighted by Gasteiger charge is -2.28. The van der Waals surface area contributed by atoms with Crippen LogP contribution in [-0.2, 0) is 17.4 Å². The molecule has 9 heteroatoms. The zero-order valence-corrected chi connectivity index (χ0v) is 15.9. The monoisotopic (exact) mass is 429 g/mol. The Bertz CT molecular complexity index is 846. The fraction of sp³-hybridized carbons (Fsp3) is 0.429. The maximum atomic E-state index is 12.8. The minimum Gasteiger partial charge on any atom is -0.474 e. The van der Waals surface area contributed by atoms with Crippen molar-refractivity contribution >= 4 is 5.78 Å². The summed E-state index contributed by atoms with van der Waals surface area (Å²) in [5, 5.41) is 0. The highest BCUT2D eigenvalue weighted by Crippen LogP contribution is 2.32. The van der Waals surface area contributed by atoms with E-state index in [-0.39, 0.29) is 35.9 Å². The second-order valence-electron chi connectivity index (χ2n) is 7.14. The van der Waals surface area contributed by atoms with Crippen molar-refractivity contribution in [3.8, 4) is 11.6 Å². The molecule has 0 amide bonds. The lowest BCUT2D eigenvalue weighted by Crippen LogP contribution is -2.29. The number of nitrogens with zero attached hydrogens (tertiary/aromatic N) is 1. The first-order valence-electron chi connectivity index (χ1n) is 9.47. The van der Waals surface area contributed by atoms with Gasteiger partial charge in [0.2, 0.25) is 5.88 Å². The van der Waals surface area contributed by atoms with E-state index in [1.54, 1.807) is 12.1 Å². The van der Waals surface area contributed by atoms with Gasteiger partial charge < -0.3 is 9.47 Å². The van der Waals surface area contributed by atoms with Crippen LogP contribution in [0.25, 0.3) is 0 Å². The third-order valence-corrected chi connectivity index (χ3v) is 5.01. The summed E-state index contributed by atoms with van der Waals surface area (Å²) in [4.78, 5) is 16.4. The molecule has 1 saturated carbocycles. The van der Waals surface area contributed by atoms with Gasteiger partial charge in [0, 0.05) is 24.6 Å². The van der Waals surface area contributed by atoms with Crippen LogP contribution in [0.5, 0.6) is 11.6 Å². The predicted molar refractivity (Wildman–Crippen MR) is 97.4 cm³/mol. The largest absolute Gasteiger partial charge is 0.474 e. The Morgan fingerprint density at radius 3 is 2.33 bits per heavy atom. The van der Waals surface area contributed by atoms with Gasteiger partial charge in [-0.25, -0.2) is 4.98 Å². The fourth-order valence-corrected chi connectivity index (χ4v) is 3.46. The lowest BCUT2D eigenvalue weighted by molar-refractivity contribution is -0.137. The van der Waals surface area contributed by atoms with Gasteiger partial charge in [-0.3, -0.25) is 4.79 Å². The predicted octanol–water partition coefficient (Wildman–Crippen LogP) is 5.45. The van der Waals surface area contributed by atoms with E-state index in [1.807, 2.05) is 0 Å². The minimum absolute atomic E-state index is 0.0297. The van der Waals surface area contributed by atoms with E-state index in [1.165, 1.54) is 12.1 Å².